The molecule has 0 amide bonds. The van der Waals surface area contributed by atoms with Crippen molar-refractivity contribution in [3.05, 3.63) is 17.5 Å². The van der Waals surface area contributed by atoms with Gasteiger partial charge >= 0.3 is 5.97 Å². The predicted molar refractivity (Wildman–Crippen MR) is 76.4 cm³/mol. The second-order valence-electron chi connectivity index (χ2n) is 4.73. The molecule has 2 rings (SSSR count). The van der Waals surface area contributed by atoms with Crippen LogP contribution in [0.25, 0.3) is 11.0 Å². The summed E-state index contributed by atoms with van der Waals surface area (Å²) in [7, 11) is 0. The highest BCUT2D eigenvalue weighted by molar-refractivity contribution is 6.05. The van der Waals surface area contributed by atoms with Crippen LogP contribution in [0.15, 0.2) is 6.20 Å². The monoisotopic (exact) mass is 277 g/mol. The van der Waals surface area contributed by atoms with Crippen LogP contribution in [0.3, 0.4) is 0 Å². The highest BCUT2D eigenvalue weighted by Gasteiger charge is 2.21. The van der Waals surface area contributed by atoms with Gasteiger partial charge in [-0.1, -0.05) is 0 Å². The lowest BCUT2D eigenvalue weighted by molar-refractivity contribution is 0.0527. The molecule has 0 aliphatic rings. The number of nitrogens with zero attached hydrogens (tertiary/aromatic N) is 3. The third-order valence-electron chi connectivity index (χ3n) is 3.02. The van der Waals surface area contributed by atoms with Gasteiger partial charge < -0.3 is 10.2 Å². The molecule has 0 saturated carbocycles. The maximum atomic E-state index is 11.9. The summed E-state index contributed by atoms with van der Waals surface area (Å²) in [5, 5.41) is 5.19. The van der Waals surface area contributed by atoms with E-state index in [1.54, 1.807) is 11.6 Å². The maximum absolute atomic E-state index is 11.9. The number of nitrogens with one attached hydrogen (secondary N) is 1. The molecule has 3 N–H and O–H groups in total. The standard InChI is InChI=1S/C13H19N5O2/c1-5-20-13(19)9-6-15-12-10(11(9)16-14)8(4)17-18(12)7(2)3/h6-7H,5,14H2,1-4H3,(H,15,16). The highest BCUT2D eigenvalue weighted by Crippen LogP contribution is 2.29. The van der Waals surface area contributed by atoms with Crippen LogP contribution in [0.2, 0.25) is 0 Å². The number of hydrogen-bond acceptors (Lipinski definition) is 6. The van der Waals surface area contributed by atoms with Crippen molar-refractivity contribution in [2.45, 2.75) is 33.7 Å². The number of anilines is 1. The second-order valence-corrected chi connectivity index (χ2v) is 4.73. The Labute approximate surface area is 117 Å². The van der Waals surface area contributed by atoms with Crippen LogP contribution in [0.1, 0.15) is 42.9 Å². The van der Waals surface area contributed by atoms with Crippen molar-refractivity contribution in [2.24, 2.45) is 5.84 Å². The fourth-order valence-electron chi connectivity index (χ4n) is 2.15. The van der Waals surface area contributed by atoms with Crippen molar-refractivity contribution in [3.8, 4) is 0 Å². The quantitative estimate of drug-likeness (QED) is 0.502. The number of rotatable bonds is 4. The highest BCUT2D eigenvalue weighted by atomic mass is 16.5. The molecule has 7 heteroatoms. The van der Waals surface area contributed by atoms with Gasteiger partial charge in [0.2, 0.25) is 0 Å². The molecule has 20 heavy (non-hydrogen) atoms. The van der Waals surface area contributed by atoms with Crippen molar-refractivity contribution in [2.75, 3.05) is 12.0 Å². The van der Waals surface area contributed by atoms with E-state index in [1.165, 1.54) is 6.20 Å². The van der Waals surface area contributed by atoms with E-state index in [-0.39, 0.29) is 6.04 Å². The van der Waals surface area contributed by atoms with Gasteiger partial charge in [-0.3, -0.25) is 5.84 Å². The lowest BCUT2D eigenvalue weighted by Crippen LogP contribution is -2.15. The molecule has 0 unspecified atom stereocenters. The van der Waals surface area contributed by atoms with Crippen LogP contribution in [0, 0.1) is 6.92 Å². The van der Waals surface area contributed by atoms with Crippen LogP contribution in [-0.4, -0.2) is 27.3 Å². The summed E-state index contributed by atoms with van der Waals surface area (Å²) in [6.45, 7) is 7.94. The Morgan fingerprint density at radius 3 is 2.80 bits per heavy atom. The van der Waals surface area contributed by atoms with Gasteiger partial charge in [0.25, 0.3) is 0 Å². The number of esters is 1. The van der Waals surface area contributed by atoms with E-state index in [0.717, 1.165) is 11.1 Å². The summed E-state index contributed by atoms with van der Waals surface area (Å²) in [5.41, 5.74) is 4.85. The molecule has 0 aromatic carbocycles. The Kier molecular flexibility index (Phi) is 3.89. The molecular formula is C13H19N5O2. The Balaban J connectivity index is 2.71. The number of hydrogen-bond donors (Lipinski definition) is 2. The summed E-state index contributed by atoms with van der Waals surface area (Å²) >= 11 is 0. The molecular weight excluding hydrogens is 258 g/mol. The minimum atomic E-state index is -0.452. The van der Waals surface area contributed by atoms with Crippen molar-refractivity contribution in [1.82, 2.24) is 14.8 Å². The lowest BCUT2D eigenvalue weighted by atomic mass is 10.1. The zero-order chi connectivity index (χ0) is 14.9. The molecule has 0 aliphatic heterocycles. The predicted octanol–water partition coefficient (Wildman–Crippen LogP) is 1.78. The summed E-state index contributed by atoms with van der Waals surface area (Å²) in [5.74, 6) is 5.13. The zero-order valence-electron chi connectivity index (χ0n) is 12.1. The summed E-state index contributed by atoms with van der Waals surface area (Å²) in [4.78, 5) is 16.3. The van der Waals surface area contributed by atoms with Crippen LogP contribution < -0.4 is 11.3 Å². The summed E-state index contributed by atoms with van der Waals surface area (Å²) in [6, 6.07) is 0.165. The Morgan fingerprint density at radius 1 is 1.55 bits per heavy atom. The Hall–Kier alpha value is -2.15. The molecule has 0 atom stereocenters. The first-order valence-electron chi connectivity index (χ1n) is 6.52. The van der Waals surface area contributed by atoms with Gasteiger partial charge in [0.1, 0.15) is 5.56 Å². The van der Waals surface area contributed by atoms with Gasteiger partial charge in [0.05, 0.1) is 23.4 Å². The molecule has 0 bridgehead atoms. The minimum absolute atomic E-state index is 0.165. The van der Waals surface area contributed by atoms with E-state index in [9.17, 15) is 4.79 Å². The fourth-order valence-corrected chi connectivity index (χ4v) is 2.15. The van der Waals surface area contributed by atoms with Gasteiger partial charge in [-0.15, -0.1) is 0 Å². The lowest BCUT2D eigenvalue weighted by Gasteiger charge is -2.10. The Morgan fingerprint density at radius 2 is 2.25 bits per heavy atom. The molecule has 2 aromatic heterocycles. The number of nitrogen functional groups attached to an aromatic ring is 1. The zero-order valence-corrected chi connectivity index (χ0v) is 12.1. The average molecular weight is 277 g/mol. The summed E-state index contributed by atoms with van der Waals surface area (Å²) < 4.78 is 6.82. The first-order valence-corrected chi connectivity index (χ1v) is 6.52. The van der Waals surface area contributed by atoms with Crippen LogP contribution in [-0.2, 0) is 4.74 Å². The second kappa shape index (κ2) is 5.46. The van der Waals surface area contributed by atoms with Crippen LogP contribution in [0.4, 0.5) is 5.69 Å². The first-order chi connectivity index (χ1) is 9.51. The van der Waals surface area contributed by atoms with Gasteiger partial charge in [0, 0.05) is 12.2 Å². The van der Waals surface area contributed by atoms with Crippen molar-refractivity contribution >= 4 is 22.7 Å². The number of carbonyl (C=O) groups excluding carboxylic acids is 1. The molecule has 0 saturated heterocycles. The topological polar surface area (TPSA) is 95.1 Å². The molecule has 2 aromatic rings. The van der Waals surface area contributed by atoms with E-state index in [4.69, 9.17) is 10.6 Å². The number of pyridine rings is 1. The number of nitrogens with two attached hydrogens (primary N) is 1. The minimum Gasteiger partial charge on any atom is -0.462 e. The van der Waals surface area contributed by atoms with E-state index < -0.39 is 5.97 Å². The number of aromatic nitrogens is 3. The van der Waals surface area contributed by atoms with E-state index >= 15 is 0 Å². The normalized spacial score (nSPS) is 11.1. The van der Waals surface area contributed by atoms with Gasteiger partial charge in [-0.25, -0.2) is 14.5 Å². The fraction of sp³-hybridized carbons (Fsp3) is 0.462. The third kappa shape index (κ3) is 2.20. The number of aryl methyl sites for hydroxylation is 1. The molecule has 0 fully saturated rings. The third-order valence-corrected chi connectivity index (χ3v) is 3.02. The Bertz CT molecular complexity index is 648. The molecule has 0 radical (unpaired) electrons. The molecule has 7 nitrogen and oxygen atoms in total. The van der Waals surface area contributed by atoms with Crippen molar-refractivity contribution in [3.63, 3.8) is 0 Å². The summed E-state index contributed by atoms with van der Waals surface area (Å²) in [6.07, 6.45) is 1.47. The molecule has 0 spiro atoms. The van der Waals surface area contributed by atoms with E-state index in [2.05, 4.69) is 15.5 Å². The number of fused-ring (bicyclic) bond motifs is 1. The van der Waals surface area contributed by atoms with E-state index in [1.807, 2.05) is 20.8 Å². The molecule has 2 heterocycles. The van der Waals surface area contributed by atoms with Crippen molar-refractivity contribution in [1.29, 1.82) is 0 Å². The average Bonchev–Trinajstić information content (AvgIpc) is 2.76. The van der Waals surface area contributed by atoms with Gasteiger partial charge in [-0.2, -0.15) is 5.10 Å². The van der Waals surface area contributed by atoms with Gasteiger partial charge in [-0.05, 0) is 27.7 Å². The largest absolute Gasteiger partial charge is 0.462 e. The van der Waals surface area contributed by atoms with E-state index in [0.29, 0.717) is 23.5 Å². The smallest absolute Gasteiger partial charge is 0.341 e. The molecule has 0 aliphatic carbocycles. The first kappa shape index (κ1) is 14.3. The van der Waals surface area contributed by atoms with Gasteiger partial charge in [0.15, 0.2) is 5.65 Å². The van der Waals surface area contributed by atoms with Crippen molar-refractivity contribution < 1.29 is 9.53 Å². The maximum Gasteiger partial charge on any atom is 0.341 e. The number of ether oxygens (including phenoxy) is 1. The molecule has 108 valence electrons. The number of carbonyl (C=O) groups is 1. The van der Waals surface area contributed by atoms with Crippen LogP contribution >= 0.6 is 0 Å². The SMILES string of the molecule is CCOC(=O)c1cnc2c(c(C)nn2C(C)C)c1NN. The number of hydrazine groups is 1. The van der Waals surface area contributed by atoms with Crippen LogP contribution in [0.5, 0.6) is 0 Å².